The molecule has 0 aromatic carbocycles. The molecule has 3 fully saturated rings. The number of hydrogen-bond donors (Lipinski definition) is 4. The van der Waals surface area contributed by atoms with E-state index < -0.39 is 33.8 Å². The summed E-state index contributed by atoms with van der Waals surface area (Å²) in [6, 6.07) is 0. The minimum atomic E-state index is -4.67. The topological polar surface area (TPSA) is 166 Å². The van der Waals surface area contributed by atoms with Crippen molar-refractivity contribution in [1.82, 2.24) is 0 Å². The van der Waals surface area contributed by atoms with E-state index in [1.165, 1.54) is 0 Å². The molecule has 0 aromatic rings. The molecule has 0 unspecified atom stereocenters. The van der Waals surface area contributed by atoms with Crippen LogP contribution in [0.4, 0.5) is 0 Å². The summed E-state index contributed by atoms with van der Waals surface area (Å²) in [5.41, 5.74) is -1.55. The van der Waals surface area contributed by atoms with Crippen LogP contribution in [-0.4, -0.2) is 86.9 Å². The van der Waals surface area contributed by atoms with Crippen molar-refractivity contribution in [3.05, 3.63) is 11.6 Å². The van der Waals surface area contributed by atoms with E-state index in [1.807, 2.05) is 6.92 Å². The van der Waals surface area contributed by atoms with Gasteiger partial charge in [0.25, 0.3) is 0 Å². The van der Waals surface area contributed by atoms with E-state index in [0.29, 0.717) is 25.7 Å². The number of ketones is 3. The standard InChI is InChI=1S/C21H28O5.Na.H2O4S.H/c1-19-7-5-13(23)9-12(19)3-4-14-15-6-8-21(26,17(25)11-22)20(15,2)10-16(24)18(14)19;;1-5(2,3)4;/h9,14-15,18,22,26H,3-8,10-11H2,1-2H3;;(H2,1,2,3,4);/t14-,15-,18+,19-,20-,21-;;;/m0.../s1. The maximum atomic E-state index is 13.3. The molecule has 9 nitrogen and oxygen atoms in total. The molecule has 4 rings (SSSR count). The molecule has 0 radical (unpaired) electrons. The molecule has 176 valence electrons. The van der Waals surface area contributed by atoms with Crippen LogP contribution in [0.1, 0.15) is 58.8 Å². The molecule has 0 saturated heterocycles. The Morgan fingerprint density at radius 1 is 1.12 bits per heavy atom. The van der Waals surface area contributed by atoms with Gasteiger partial charge < -0.3 is 10.2 Å². The molecule has 4 aliphatic carbocycles. The van der Waals surface area contributed by atoms with Gasteiger partial charge in [-0.05, 0) is 55.4 Å². The Bertz CT molecular complexity index is 937. The summed E-state index contributed by atoms with van der Waals surface area (Å²) in [7, 11) is -4.67. The molecular formula is C21H31NaO9S. The quantitative estimate of drug-likeness (QED) is 0.327. The molecule has 4 N–H and O–H groups in total. The fraction of sp³-hybridized carbons (Fsp3) is 0.762. The van der Waals surface area contributed by atoms with Gasteiger partial charge in [-0.25, -0.2) is 0 Å². The van der Waals surface area contributed by atoms with E-state index >= 15 is 0 Å². The first kappa shape index (κ1) is 27.8. The van der Waals surface area contributed by atoms with Crippen LogP contribution in [0.25, 0.3) is 0 Å². The Kier molecular flexibility index (Phi) is 8.07. The Morgan fingerprint density at radius 2 is 1.72 bits per heavy atom. The Hall–Kier alpha value is -0.460. The fourth-order valence-corrected chi connectivity index (χ4v) is 6.98. The van der Waals surface area contributed by atoms with Gasteiger partial charge in [-0.2, -0.15) is 8.42 Å². The monoisotopic (exact) mass is 482 g/mol. The number of allylic oxidation sites excluding steroid dienone is 1. The van der Waals surface area contributed by atoms with Crippen molar-refractivity contribution in [2.45, 2.75) is 64.4 Å². The Morgan fingerprint density at radius 3 is 2.28 bits per heavy atom. The van der Waals surface area contributed by atoms with Crippen LogP contribution >= 0.6 is 0 Å². The molecule has 11 heteroatoms. The molecule has 0 heterocycles. The van der Waals surface area contributed by atoms with Gasteiger partial charge in [0.2, 0.25) is 0 Å². The molecule has 0 amide bonds. The van der Waals surface area contributed by atoms with E-state index in [1.54, 1.807) is 6.08 Å². The second-order valence-corrected chi connectivity index (χ2v) is 10.7. The van der Waals surface area contributed by atoms with Crippen molar-refractivity contribution in [3.8, 4) is 0 Å². The zero-order chi connectivity index (χ0) is 23.4. The second-order valence-electron chi connectivity index (χ2n) is 9.83. The van der Waals surface area contributed by atoms with Gasteiger partial charge in [-0.3, -0.25) is 23.5 Å². The summed E-state index contributed by atoms with van der Waals surface area (Å²) in [6.07, 6.45) is 5.83. The fourth-order valence-electron chi connectivity index (χ4n) is 6.98. The van der Waals surface area contributed by atoms with Crippen LogP contribution in [0.5, 0.6) is 0 Å². The van der Waals surface area contributed by atoms with Crippen LogP contribution < -0.4 is 0 Å². The third kappa shape index (κ3) is 4.57. The van der Waals surface area contributed by atoms with Crippen molar-refractivity contribution in [2.24, 2.45) is 28.6 Å². The number of aliphatic hydroxyl groups is 2. The molecular weight excluding hydrogens is 451 g/mol. The zero-order valence-corrected chi connectivity index (χ0v) is 18.5. The molecule has 0 aliphatic heterocycles. The summed E-state index contributed by atoms with van der Waals surface area (Å²) >= 11 is 0. The van der Waals surface area contributed by atoms with E-state index in [0.717, 1.165) is 18.4 Å². The van der Waals surface area contributed by atoms with Crippen LogP contribution in [0.15, 0.2) is 11.6 Å². The molecule has 0 bridgehead atoms. The average molecular weight is 483 g/mol. The minimum absolute atomic E-state index is 0. The first-order valence-electron chi connectivity index (χ1n) is 10.5. The van der Waals surface area contributed by atoms with Crippen LogP contribution in [0.3, 0.4) is 0 Å². The predicted octanol–water partition coefficient (Wildman–Crippen LogP) is 0.689. The zero-order valence-electron chi connectivity index (χ0n) is 17.7. The molecule has 0 spiro atoms. The van der Waals surface area contributed by atoms with Crippen molar-refractivity contribution >= 4 is 57.3 Å². The number of carbonyl (C=O) groups excluding carboxylic acids is 3. The van der Waals surface area contributed by atoms with Crippen LogP contribution in [0.2, 0.25) is 0 Å². The van der Waals surface area contributed by atoms with Gasteiger partial charge in [0, 0.05) is 24.2 Å². The number of aliphatic hydroxyl groups excluding tert-OH is 1. The van der Waals surface area contributed by atoms with Crippen molar-refractivity contribution < 1.29 is 42.1 Å². The van der Waals surface area contributed by atoms with Gasteiger partial charge in [-0.15, -0.1) is 0 Å². The molecule has 4 aliphatic rings. The predicted molar refractivity (Wildman–Crippen MR) is 115 cm³/mol. The molecule has 32 heavy (non-hydrogen) atoms. The maximum absolute atomic E-state index is 13.3. The number of fused-ring (bicyclic) bond motifs is 5. The first-order chi connectivity index (χ1) is 14.2. The first-order valence-corrected chi connectivity index (χ1v) is 11.9. The van der Waals surface area contributed by atoms with E-state index in [2.05, 4.69) is 6.92 Å². The van der Waals surface area contributed by atoms with Gasteiger partial charge >= 0.3 is 40.0 Å². The van der Waals surface area contributed by atoms with Crippen LogP contribution in [-0.2, 0) is 24.8 Å². The van der Waals surface area contributed by atoms with E-state index in [9.17, 15) is 24.6 Å². The van der Waals surface area contributed by atoms with E-state index in [4.69, 9.17) is 17.5 Å². The average Bonchev–Trinajstić information content (AvgIpc) is 2.91. The Balaban J connectivity index is 0.000000548. The number of rotatable bonds is 2. The van der Waals surface area contributed by atoms with Gasteiger partial charge in [0.1, 0.15) is 18.0 Å². The van der Waals surface area contributed by atoms with Gasteiger partial charge in [0.15, 0.2) is 11.6 Å². The van der Waals surface area contributed by atoms with Crippen molar-refractivity contribution in [1.29, 1.82) is 0 Å². The van der Waals surface area contributed by atoms with Crippen LogP contribution in [0, 0.1) is 28.6 Å². The number of hydrogen-bond acceptors (Lipinski definition) is 7. The van der Waals surface area contributed by atoms with Crippen molar-refractivity contribution in [3.63, 3.8) is 0 Å². The molecule has 3 saturated carbocycles. The summed E-state index contributed by atoms with van der Waals surface area (Å²) in [4.78, 5) is 37.5. The summed E-state index contributed by atoms with van der Waals surface area (Å²) < 4.78 is 31.6. The third-order valence-corrected chi connectivity index (χ3v) is 8.41. The normalized spacial score (nSPS) is 40.6. The third-order valence-electron chi connectivity index (χ3n) is 8.41. The number of Topliss-reactive ketones (excluding diaryl/α,β-unsaturated/α-hetero) is 2. The summed E-state index contributed by atoms with van der Waals surface area (Å²) in [6.45, 7) is 3.31. The molecule has 0 aromatic heterocycles. The molecule has 6 atom stereocenters. The van der Waals surface area contributed by atoms with Gasteiger partial charge in [-0.1, -0.05) is 19.4 Å². The number of carbonyl (C=O) groups is 3. The van der Waals surface area contributed by atoms with Crippen molar-refractivity contribution in [2.75, 3.05) is 6.61 Å². The second kappa shape index (κ2) is 9.30. The summed E-state index contributed by atoms with van der Waals surface area (Å²) in [5, 5.41) is 20.5. The van der Waals surface area contributed by atoms with Gasteiger partial charge in [0.05, 0.1) is 0 Å². The SMILES string of the molecule is C[C@]12CCC(=O)C=C1CC[C@@H]1[C@@H]2C(=O)C[C@@]2(C)[C@H]1CC[C@]2(O)C(=O)CO.O=S(=O)(O)O.[NaH]. The Labute approximate surface area is 209 Å². The summed E-state index contributed by atoms with van der Waals surface area (Å²) in [5.74, 6) is -0.172. The van der Waals surface area contributed by atoms with E-state index in [-0.39, 0.29) is 70.7 Å².